The number of rotatable bonds is 4. The summed E-state index contributed by atoms with van der Waals surface area (Å²) >= 11 is 0. The Kier molecular flexibility index (Phi) is 4.18. The van der Waals surface area contributed by atoms with Crippen LogP contribution in [0.5, 0.6) is 0 Å². The van der Waals surface area contributed by atoms with Crippen LogP contribution in [0.1, 0.15) is 35.9 Å². The van der Waals surface area contributed by atoms with Crippen molar-refractivity contribution in [2.75, 3.05) is 0 Å². The Labute approximate surface area is 96.7 Å². The minimum Gasteiger partial charge on any atom is -0.300 e. The Bertz CT molecular complexity index is 444. The van der Waals surface area contributed by atoms with Crippen molar-refractivity contribution in [3.63, 3.8) is 0 Å². The van der Waals surface area contributed by atoms with Crippen LogP contribution in [0.15, 0.2) is 18.7 Å². The Morgan fingerprint density at radius 3 is 2.75 bits per heavy atom. The first-order valence-corrected chi connectivity index (χ1v) is 5.31. The van der Waals surface area contributed by atoms with E-state index in [0.717, 1.165) is 22.5 Å². The van der Waals surface area contributed by atoms with Gasteiger partial charge in [-0.1, -0.05) is 18.7 Å². The normalized spacial score (nSPS) is 10.7. The number of allylic oxidation sites excluding steroid dienone is 1. The highest BCUT2D eigenvalue weighted by Crippen LogP contribution is 2.17. The van der Waals surface area contributed by atoms with Crippen LogP contribution >= 0.6 is 0 Å². The second-order valence-electron chi connectivity index (χ2n) is 3.89. The van der Waals surface area contributed by atoms with Gasteiger partial charge in [-0.15, -0.1) is 0 Å². The molecular formula is C14H17NO. The van der Waals surface area contributed by atoms with Crippen molar-refractivity contribution in [1.29, 1.82) is 0 Å². The molecule has 0 atom stereocenters. The number of nitrogens with zero attached hydrogens (tertiary/aromatic N) is 1. The Hall–Kier alpha value is -1.70. The average molecular weight is 215 g/mol. The zero-order valence-electron chi connectivity index (χ0n) is 10.1. The van der Waals surface area contributed by atoms with E-state index in [1.165, 1.54) is 0 Å². The summed E-state index contributed by atoms with van der Waals surface area (Å²) in [7, 11) is 0. The van der Waals surface area contributed by atoms with Gasteiger partial charge in [0.1, 0.15) is 5.78 Å². The number of hydrogen-bond donors (Lipinski definition) is 0. The molecular weight excluding hydrogens is 198 g/mol. The van der Waals surface area contributed by atoms with E-state index in [1.54, 1.807) is 13.0 Å². The number of ketones is 1. The quantitative estimate of drug-likeness (QED) is 0.771. The highest BCUT2D eigenvalue weighted by molar-refractivity contribution is 5.78. The van der Waals surface area contributed by atoms with E-state index in [2.05, 4.69) is 11.6 Å². The summed E-state index contributed by atoms with van der Waals surface area (Å²) < 4.78 is 0. The molecule has 0 amide bonds. The van der Waals surface area contributed by atoms with Crippen molar-refractivity contribution < 1.29 is 4.79 Å². The summed E-state index contributed by atoms with van der Waals surface area (Å²) in [5.74, 6) is 0.161. The topological polar surface area (TPSA) is 30.0 Å². The fourth-order valence-electron chi connectivity index (χ4n) is 1.59. The maximum Gasteiger partial charge on any atom is 0.133 e. The molecule has 1 heterocycles. The number of Topliss-reactive ketones (excluding diaryl/α,β-unsaturated/α-hetero) is 1. The molecule has 0 aromatic carbocycles. The van der Waals surface area contributed by atoms with Gasteiger partial charge in [-0.25, -0.2) is 0 Å². The van der Waals surface area contributed by atoms with E-state index < -0.39 is 0 Å². The first-order chi connectivity index (χ1) is 7.54. The van der Waals surface area contributed by atoms with Crippen LogP contribution < -0.4 is 0 Å². The molecule has 16 heavy (non-hydrogen) atoms. The molecule has 1 rings (SSSR count). The summed E-state index contributed by atoms with van der Waals surface area (Å²) in [5.41, 5.74) is 4.05. The molecule has 2 nitrogen and oxygen atoms in total. The molecule has 0 spiro atoms. The van der Waals surface area contributed by atoms with E-state index in [4.69, 9.17) is 0 Å². The maximum absolute atomic E-state index is 10.8. The molecule has 1 aromatic heterocycles. The zero-order chi connectivity index (χ0) is 12.1. The zero-order valence-corrected chi connectivity index (χ0v) is 10.1. The van der Waals surface area contributed by atoms with Gasteiger partial charge in [-0.05, 0) is 38.5 Å². The molecule has 0 bridgehead atoms. The van der Waals surface area contributed by atoms with Crippen LogP contribution in [-0.4, -0.2) is 10.8 Å². The van der Waals surface area contributed by atoms with Crippen LogP contribution in [0.2, 0.25) is 0 Å². The molecule has 84 valence electrons. The highest BCUT2D eigenvalue weighted by Gasteiger charge is 2.02. The van der Waals surface area contributed by atoms with E-state index in [9.17, 15) is 4.79 Å². The van der Waals surface area contributed by atoms with Crippen molar-refractivity contribution in [3.8, 4) is 0 Å². The van der Waals surface area contributed by atoms with Crippen molar-refractivity contribution in [1.82, 2.24) is 4.98 Å². The summed E-state index contributed by atoms with van der Waals surface area (Å²) in [6, 6.07) is 2.03. The number of hydrogen-bond acceptors (Lipinski definition) is 2. The third kappa shape index (κ3) is 3.16. The van der Waals surface area contributed by atoms with E-state index in [0.29, 0.717) is 6.42 Å². The van der Waals surface area contributed by atoms with Gasteiger partial charge in [0.15, 0.2) is 0 Å². The van der Waals surface area contributed by atoms with Crippen LogP contribution in [0.25, 0.3) is 12.2 Å². The molecule has 0 radical (unpaired) electrons. The number of carbonyl (C=O) groups is 1. The molecule has 0 N–H and O–H groups in total. The monoisotopic (exact) mass is 215 g/mol. The standard InChI is InChI=1S/C14H17NO/c1-5-14-13(8-6-7-12(4)16)10(2)9-11(3)15-14/h5-6,8-9H,1,7H2,2-4H3/b8-6-. The number of aryl methyl sites for hydroxylation is 2. The van der Waals surface area contributed by atoms with Crippen molar-refractivity contribution in [2.24, 2.45) is 0 Å². The SMILES string of the molecule is C=Cc1nc(C)cc(C)c1/C=C\CC(C)=O. The lowest BCUT2D eigenvalue weighted by Gasteiger charge is -2.06. The van der Waals surface area contributed by atoms with Gasteiger partial charge in [0.25, 0.3) is 0 Å². The first-order valence-electron chi connectivity index (χ1n) is 5.31. The van der Waals surface area contributed by atoms with Gasteiger partial charge in [0.05, 0.1) is 5.69 Å². The minimum absolute atomic E-state index is 0.161. The van der Waals surface area contributed by atoms with Gasteiger partial charge in [-0.3, -0.25) is 9.78 Å². The van der Waals surface area contributed by atoms with Gasteiger partial charge in [0.2, 0.25) is 0 Å². The minimum atomic E-state index is 0.161. The third-order valence-electron chi connectivity index (χ3n) is 2.31. The molecule has 2 heteroatoms. The third-order valence-corrected chi connectivity index (χ3v) is 2.31. The van der Waals surface area contributed by atoms with Gasteiger partial charge in [-0.2, -0.15) is 0 Å². The number of carbonyl (C=O) groups excluding carboxylic acids is 1. The molecule has 1 aromatic rings. The molecule has 0 saturated heterocycles. The number of aromatic nitrogens is 1. The summed E-state index contributed by atoms with van der Waals surface area (Å²) in [4.78, 5) is 15.2. The summed E-state index contributed by atoms with van der Waals surface area (Å²) in [6.45, 7) is 9.33. The van der Waals surface area contributed by atoms with Gasteiger partial charge < -0.3 is 0 Å². The Balaban J connectivity index is 3.07. The molecule has 0 aliphatic rings. The van der Waals surface area contributed by atoms with E-state index >= 15 is 0 Å². The average Bonchev–Trinajstić information content (AvgIpc) is 2.20. The Morgan fingerprint density at radius 2 is 2.19 bits per heavy atom. The maximum atomic E-state index is 10.8. The van der Waals surface area contributed by atoms with Crippen molar-refractivity contribution in [3.05, 3.63) is 41.2 Å². The summed E-state index contributed by atoms with van der Waals surface area (Å²) in [5, 5.41) is 0. The lowest BCUT2D eigenvalue weighted by Crippen LogP contribution is -1.94. The van der Waals surface area contributed by atoms with Crippen LogP contribution in [0.4, 0.5) is 0 Å². The fourth-order valence-corrected chi connectivity index (χ4v) is 1.59. The molecule has 0 saturated carbocycles. The predicted octanol–water partition coefficient (Wildman–Crippen LogP) is 3.33. The number of pyridine rings is 1. The van der Waals surface area contributed by atoms with Crippen LogP contribution in [-0.2, 0) is 4.79 Å². The largest absolute Gasteiger partial charge is 0.300 e. The molecule has 0 fully saturated rings. The molecule has 0 aliphatic heterocycles. The Morgan fingerprint density at radius 1 is 1.50 bits per heavy atom. The lowest BCUT2D eigenvalue weighted by atomic mass is 10.0. The van der Waals surface area contributed by atoms with Gasteiger partial charge >= 0.3 is 0 Å². The van der Waals surface area contributed by atoms with E-state index in [1.807, 2.05) is 32.1 Å². The second kappa shape index (κ2) is 5.40. The lowest BCUT2D eigenvalue weighted by molar-refractivity contribution is -0.116. The van der Waals surface area contributed by atoms with E-state index in [-0.39, 0.29) is 5.78 Å². The first kappa shape index (κ1) is 12.4. The van der Waals surface area contributed by atoms with Gasteiger partial charge in [0, 0.05) is 17.7 Å². The molecule has 0 aliphatic carbocycles. The summed E-state index contributed by atoms with van der Waals surface area (Å²) in [6.07, 6.45) is 6.02. The van der Waals surface area contributed by atoms with Crippen LogP contribution in [0, 0.1) is 13.8 Å². The predicted molar refractivity (Wildman–Crippen MR) is 68.1 cm³/mol. The smallest absolute Gasteiger partial charge is 0.133 e. The highest BCUT2D eigenvalue weighted by atomic mass is 16.1. The fraction of sp³-hybridized carbons (Fsp3) is 0.286. The van der Waals surface area contributed by atoms with Crippen LogP contribution in [0.3, 0.4) is 0 Å². The van der Waals surface area contributed by atoms with Crippen molar-refractivity contribution in [2.45, 2.75) is 27.2 Å². The van der Waals surface area contributed by atoms with Crippen molar-refractivity contribution >= 4 is 17.9 Å². The molecule has 0 unspecified atom stereocenters. The second-order valence-corrected chi connectivity index (χ2v) is 3.89.